The summed E-state index contributed by atoms with van der Waals surface area (Å²) in [6.45, 7) is 4.40. The number of ether oxygens (including phenoxy) is 1. The fraction of sp³-hybridized carbons (Fsp3) is 0.214. The van der Waals surface area contributed by atoms with Crippen molar-refractivity contribution in [2.45, 2.75) is 13.8 Å². The van der Waals surface area contributed by atoms with Crippen molar-refractivity contribution in [2.24, 2.45) is 0 Å². The zero-order valence-electron chi connectivity index (χ0n) is 9.86. The quantitative estimate of drug-likeness (QED) is 0.880. The Labute approximate surface area is 99.6 Å². The highest BCUT2D eigenvalue weighted by Gasteiger charge is 2.09. The summed E-state index contributed by atoms with van der Waals surface area (Å²) in [6, 6.07) is 9.13. The highest BCUT2D eigenvalue weighted by atomic mass is 16.5. The molecule has 0 radical (unpaired) electrons. The maximum atomic E-state index is 11.0. The summed E-state index contributed by atoms with van der Waals surface area (Å²) in [4.78, 5) is 11.0. The zero-order valence-corrected chi connectivity index (χ0v) is 9.86. The van der Waals surface area contributed by atoms with Crippen molar-refractivity contribution >= 4 is 16.7 Å². The number of benzene rings is 2. The molecule has 88 valence electrons. The van der Waals surface area contributed by atoms with Crippen LogP contribution in [0.3, 0.4) is 0 Å². The molecule has 0 aliphatic rings. The minimum atomic E-state index is -0.937. The number of aromatic carboxylic acids is 1. The van der Waals surface area contributed by atoms with Gasteiger partial charge in [0.1, 0.15) is 5.75 Å². The molecule has 0 aromatic heterocycles. The largest absolute Gasteiger partial charge is 0.493 e. The van der Waals surface area contributed by atoms with E-state index in [-0.39, 0.29) is 5.56 Å². The lowest BCUT2D eigenvalue weighted by Crippen LogP contribution is -1.99. The monoisotopic (exact) mass is 230 g/mol. The Morgan fingerprint density at radius 1 is 1.29 bits per heavy atom. The van der Waals surface area contributed by atoms with Gasteiger partial charge in [-0.15, -0.1) is 0 Å². The van der Waals surface area contributed by atoms with Crippen LogP contribution in [0.5, 0.6) is 5.75 Å². The molecule has 0 spiro atoms. The van der Waals surface area contributed by atoms with Gasteiger partial charge in [-0.1, -0.05) is 17.7 Å². The number of carbonyl (C=O) groups is 1. The van der Waals surface area contributed by atoms with E-state index < -0.39 is 5.97 Å². The molecule has 3 heteroatoms. The molecule has 0 aliphatic heterocycles. The summed E-state index contributed by atoms with van der Waals surface area (Å²) in [5.74, 6) is -0.306. The van der Waals surface area contributed by atoms with Crippen molar-refractivity contribution in [1.82, 2.24) is 0 Å². The van der Waals surface area contributed by atoms with Crippen LogP contribution in [0.25, 0.3) is 10.8 Å². The van der Waals surface area contributed by atoms with Crippen molar-refractivity contribution in [1.29, 1.82) is 0 Å². The fourth-order valence-electron chi connectivity index (χ4n) is 1.84. The van der Waals surface area contributed by atoms with Gasteiger partial charge in [0.15, 0.2) is 0 Å². The third-order valence-electron chi connectivity index (χ3n) is 2.62. The van der Waals surface area contributed by atoms with E-state index in [2.05, 4.69) is 0 Å². The number of carboxylic acid groups (broad SMARTS) is 1. The number of fused-ring (bicyclic) bond motifs is 1. The Bertz CT molecular complexity index is 573. The van der Waals surface area contributed by atoms with Gasteiger partial charge in [-0.25, -0.2) is 4.79 Å². The van der Waals surface area contributed by atoms with Crippen molar-refractivity contribution < 1.29 is 14.6 Å². The molecule has 0 saturated heterocycles. The van der Waals surface area contributed by atoms with Crippen LogP contribution < -0.4 is 4.74 Å². The summed E-state index contributed by atoms with van der Waals surface area (Å²) in [6.07, 6.45) is 0. The summed E-state index contributed by atoms with van der Waals surface area (Å²) in [7, 11) is 0. The highest BCUT2D eigenvalue weighted by Crippen LogP contribution is 2.28. The van der Waals surface area contributed by atoms with Gasteiger partial charge in [-0.05, 0) is 37.4 Å². The van der Waals surface area contributed by atoms with Crippen LogP contribution in [0.2, 0.25) is 0 Å². The van der Waals surface area contributed by atoms with E-state index >= 15 is 0 Å². The standard InChI is InChI=1S/C14H14O3/c1-3-17-13-8-11(14(15)16)7-10-5-4-9(2)6-12(10)13/h4-8H,3H2,1-2H3,(H,15,16). The number of aryl methyl sites for hydroxylation is 1. The smallest absolute Gasteiger partial charge is 0.335 e. The molecule has 0 fully saturated rings. The maximum absolute atomic E-state index is 11.0. The molecular weight excluding hydrogens is 216 g/mol. The van der Waals surface area contributed by atoms with Gasteiger partial charge in [0.2, 0.25) is 0 Å². The molecule has 2 rings (SSSR count). The van der Waals surface area contributed by atoms with Crippen LogP contribution in [0.1, 0.15) is 22.8 Å². The van der Waals surface area contributed by atoms with Crippen LogP contribution in [0.4, 0.5) is 0 Å². The number of rotatable bonds is 3. The minimum Gasteiger partial charge on any atom is -0.493 e. The molecule has 0 heterocycles. The molecule has 1 N–H and O–H groups in total. The maximum Gasteiger partial charge on any atom is 0.335 e. The van der Waals surface area contributed by atoms with E-state index in [0.29, 0.717) is 12.4 Å². The van der Waals surface area contributed by atoms with Crippen molar-refractivity contribution in [2.75, 3.05) is 6.61 Å². The van der Waals surface area contributed by atoms with Crippen molar-refractivity contribution in [3.05, 3.63) is 41.5 Å². The van der Waals surface area contributed by atoms with Gasteiger partial charge in [0, 0.05) is 5.39 Å². The molecule has 0 bridgehead atoms. The Kier molecular flexibility index (Phi) is 3.00. The molecule has 0 unspecified atom stereocenters. The first kappa shape index (κ1) is 11.5. The first-order chi connectivity index (χ1) is 8.11. The van der Waals surface area contributed by atoms with E-state index in [1.165, 1.54) is 0 Å². The average Bonchev–Trinajstić information content (AvgIpc) is 2.29. The van der Waals surface area contributed by atoms with E-state index in [0.717, 1.165) is 16.3 Å². The fourth-order valence-corrected chi connectivity index (χ4v) is 1.84. The van der Waals surface area contributed by atoms with Crippen LogP contribution >= 0.6 is 0 Å². The normalized spacial score (nSPS) is 10.5. The second-order valence-corrected chi connectivity index (χ2v) is 3.94. The third kappa shape index (κ3) is 2.23. The Balaban J connectivity index is 2.71. The minimum absolute atomic E-state index is 0.254. The lowest BCUT2D eigenvalue weighted by atomic mass is 10.0. The molecule has 0 aliphatic carbocycles. The van der Waals surface area contributed by atoms with Crippen LogP contribution in [0, 0.1) is 6.92 Å². The Morgan fingerprint density at radius 2 is 2.06 bits per heavy atom. The number of hydrogen-bond donors (Lipinski definition) is 1. The molecule has 2 aromatic rings. The first-order valence-electron chi connectivity index (χ1n) is 5.52. The molecule has 0 amide bonds. The molecule has 0 saturated carbocycles. The average molecular weight is 230 g/mol. The Morgan fingerprint density at radius 3 is 2.71 bits per heavy atom. The zero-order chi connectivity index (χ0) is 12.4. The van der Waals surface area contributed by atoms with E-state index in [1.54, 1.807) is 12.1 Å². The predicted molar refractivity (Wildman–Crippen MR) is 66.8 cm³/mol. The van der Waals surface area contributed by atoms with E-state index in [4.69, 9.17) is 9.84 Å². The second kappa shape index (κ2) is 4.45. The molecule has 0 atom stereocenters. The van der Waals surface area contributed by atoms with Gasteiger partial charge in [-0.2, -0.15) is 0 Å². The number of hydrogen-bond acceptors (Lipinski definition) is 2. The van der Waals surface area contributed by atoms with Gasteiger partial charge in [-0.3, -0.25) is 0 Å². The summed E-state index contributed by atoms with van der Waals surface area (Å²) in [5, 5.41) is 10.9. The van der Waals surface area contributed by atoms with Gasteiger partial charge in [0.25, 0.3) is 0 Å². The molecule has 2 aromatic carbocycles. The van der Waals surface area contributed by atoms with Crippen molar-refractivity contribution in [3.63, 3.8) is 0 Å². The lowest BCUT2D eigenvalue weighted by Gasteiger charge is -2.09. The molecule has 17 heavy (non-hydrogen) atoms. The SMILES string of the molecule is CCOc1cc(C(=O)O)cc2ccc(C)cc12. The third-order valence-corrected chi connectivity index (χ3v) is 2.62. The van der Waals surface area contributed by atoms with E-state index in [9.17, 15) is 4.79 Å². The van der Waals surface area contributed by atoms with Gasteiger partial charge in [0.05, 0.1) is 12.2 Å². The summed E-state index contributed by atoms with van der Waals surface area (Å²) >= 11 is 0. The van der Waals surface area contributed by atoms with E-state index in [1.807, 2.05) is 32.0 Å². The van der Waals surface area contributed by atoms with Crippen LogP contribution in [-0.2, 0) is 0 Å². The second-order valence-electron chi connectivity index (χ2n) is 3.94. The highest BCUT2D eigenvalue weighted by molar-refractivity contribution is 5.97. The van der Waals surface area contributed by atoms with Gasteiger partial charge < -0.3 is 9.84 Å². The molecule has 3 nitrogen and oxygen atoms in total. The Hall–Kier alpha value is -2.03. The van der Waals surface area contributed by atoms with Crippen LogP contribution in [0.15, 0.2) is 30.3 Å². The lowest BCUT2D eigenvalue weighted by molar-refractivity contribution is 0.0696. The van der Waals surface area contributed by atoms with Gasteiger partial charge >= 0.3 is 5.97 Å². The predicted octanol–water partition coefficient (Wildman–Crippen LogP) is 3.25. The summed E-state index contributed by atoms with van der Waals surface area (Å²) < 4.78 is 5.50. The topological polar surface area (TPSA) is 46.5 Å². The van der Waals surface area contributed by atoms with Crippen LogP contribution in [-0.4, -0.2) is 17.7 Å². The summed E-state index contributed by atoms with van der Waals surface area (Å²) in [5.41, 5.74) is 1.38. The first-order valence-corrected chi connectivity index (χ1v) is 5.52. The number of carboxylic acids is 1. The van der Waals surface area contributed by atoms with Crippen molar-refractivity contribution in [3.8, 4) is 5.75 Å². The molecular formula is C14H14O3.